The minimum Gasteiger partial charge on any atom is -0.376 e. The molecule has 1 unspecified atom stereocenters. The molecule has 0 saturated heterocycles. The topological polar surface area (TPSA) is 63.8 Å². The predicted octanol–water partition coefficient (Wildman–Crippen LogP) is 6.68. The van der Waals surface area contributed by atoms with Gasteiger partial charge in [-0.3, -0.25) is 0 Å². The molecule has 0 aliphatic carbocycles. The summed E-state index contributed by atoms with van der Waals surface area (Å²) in [5.41, 5.74) is -0.720. The number of rotatable bonds is 6. The van der Waals surface area contributed by atoms with Gasteiger partial charge < -0.3 is 5.11 Å². The van der Waals surface area contributed by atoms with Crippen molar-refractivity contribution >= 4 is 34.3 Å². The maximum atomic E-state index is 14.2. The fraction of sp³-hybridized carbons (Fsp3) is 0.115. The Morgan fingerprint density at radius 2 is 1.69 bits per heavy atom. The summed E-state index contributed by atoms with van der Waals surface area (Å²) in [6.07, 6.45) is -1.98. The molecule has 0 fully saturated rings. The van der Waals surface area contributed by atoms with Gasteiger partial charge in [0.05, 0.1) is 23.1 Å². The molecule has 36 heavy (non-hydrogen) atoms. The Morgan fingerprint density at radius 3 is 2.42 bits per heavy atom. The molecule has 0 aliphatic rings. The van der Waals surface area contributed by atoms with Gasteiger partial charge in [0.15, 0.2) is 10.8 Å². The van der Waals surface area contributed by atoms with Crippen LogP contribution in [-0.4, -0.2) is 36.8 Å². The minimum absolute atomic E-state index is 0.114. The third-order valence-electron chi connectivity index (χ3n) is 5.70. The highest BCUT2D eigenvalue weighted by atomic mass is 35.5. The lowest BCUT2D eigenvalue weighted by molar-refractivity contribution is -0.256. The lowest BCUT2D eigenvalue weighted by atomic mass is 9.94. The van der Waals surface area contributed by atoms with Crippen molar-refractivity contribution in [3.8, 4) is 16.9 Å². The summed E-state index contributed by atoms with van der Waals surface area (Å²) >= 11 is 6.65. The summed E-state index contributed by atoms with van der Waals surface area (Å²) < 4.78 is 44.3. The van der Waals surface area contributed by atoms with Gasteiger partial charge in [0.1, 0.15) is 0 Å². The van der Waals surface area contributed by atoms with E-state index in [4.69, 9.17) is 11.6 Å². The lowest BCUT2D eigenvalue weighted by Gasteiger charge is -2.30. The second-order valence-electron chi connectivity index (χ2n) is 8.04. The Bertz CT molecular complexity index is 1510. The third-order valence-corrected chi connectivity index (χ3v) is 6.97. The van der Waals surface area contributed by atoms with E-state index in [1.165, 1.54) is 30.6 Å². The van der Waals surface area contributed by atoms with Crippen molar-refractivity contribution in [2.24, 2.45) is 0 Å². The van der Waals surface area contributed by atoms with Gasteiger partial charge in [-0.25, -0.2) is 14.6 Å². The fourth-order valence-corrected chi connectivity index (χ4v) is 4.85. The Balaban J connectivity index is 1.44. The molecule has 2 aromatic heterocycles. The van der Waals surface area contributed by atoms with E-state index in [0.29, 0.717) is 21.6 Å². The number of thioether (sulfide) groups is 1. The Kier molecular flexibility index (Phi) is 6.46. The van der Waals surface area contributed by atoms with Crippen LogP contribution in [0.4, 0.5) is 13.2 Å². The zero-order valence-corrected chi connectivity index (χ0v) is 20.1. The standard InChI is InChI=1S/C26H18ClF3N4OS/c27-20-9-6-17(7-10-20)22-12-13-31-24(33-22)36-16-25(35,26(28,29)30)19-8-11-23-18(14-19)15-32-34(23)21-4-2-1-3-5-21/h1-15,35H,16H2. The summed E-state index contributed by atoms with van der Waals surface area (Å²) in [7, 11) is 0. The molecule has 1 atom stereocenters. The van der Waals surface area contributed by atoms with Crippen LogP contribution in [0, 0.1) is 0 Å². The number of para-hydroxylation sites is 1. The van der Waals surface area contributed by atoms with E-state index in [9.17, 15) is 18.3 Å². The zero-order chi connectivity index (χ0) is 25.3. The van der Waals surface area contributed by atoms with Crippen molar-refractivity contribution in [3.63, 3.8) is 0 Å². The van der Waals surface area contributed by atoms with Gasteiger partial charge in [0.25, 0.3) is 0 Å². The van der Waals surface area contributed by atoms with Crippen molar-refractivity contribution in [2.45, 2.75) is 16.9 Å². The van der Waals surface area contributed by atoms with Gasteiger partial charge in [-0.05, 0) is 48.0 Å². The van der Waals surface area contributed by atoms with Crippen LogP contribution in [0.5, 0.6) is 0 Å². The first-order valence-electron chi connectivity index (χ1n) is 10.8. The second kappa shape index (κ2) is 9.57. The van der Waals surface area contributed by atoms with Crippen molar-refractivity contribution in [1.29, 1.82) is 0 Å². The van der Waals surface area contributed by atoms with Crippen LogP contribution in [0.15, 0.2) is 96.4 Å². The molecule has 10 heteroatoms. The molecule has 5 rings (SSSR count). The number of hydrogen-bond donors (Lipinski definition) is 1. The van der Waals surface area contributed by atoms with Crippen molar-refractivity contribution in [3.05, 3.63) is 102 Å². The van der Waals surface area contributed by atoms with Crippen LogP contribution in [-0.2, 0) is 5.60 Å². The first kappa shape index (κ1) is 24.3. The predicted molar refractivity (Wildman–Crippen MR) is 134 cm³/mol. The third kappa shape index (κ3) is 4.69. The average Bonchev–Trinajstić information content (AvgIpc) is 3.31. The molecule has 0 aliphatic heterocycles. The van der Waals surface area contributed by atoms with Gasteiger partial charge in [-0.1, -0.05) is 59.8 Å². The van der Waals surface area contributed by atoms with Crippen LogP contribution < -0.4 is 0 Å². The summed E-state index contributed by atoms with van der Waals surface area (Å²) in [6, 6.07) is 22.0. The Labute approximate surface area is 213 Å². The van der Waals surface area contributed by atoms with Crippen molar-refractivity contribution < 1.29 is 18.3 Å². The first-order valence-corrected chi connectivity index (χ1v) is 12.2. The van der Waals surface area contributed by atoms with E-state index in [0.717, 1.165) is 23.0 Å². The number of hydrogen-bond acceptors (Lipinski definition) is 5. The monoisotopic (exact) mass is 526 g/mol. The van der Waals surface area contributed by atoms with E-state index in [1.54, 1.807) is 35.0 Å². The molecule has 0 amide bonds. The Hall–Kier alpha value is -3.40. The minimum atomic E-state index is -4.93. The summed E-state index contributed by atoms with van der Waals surface area (Å²) in [6.45, 7) is 0. The van der Waals surface area contributed by atoms with Crippen molar-refractivity contribution in [2.75, 3.05) is 5.75 Å². The maximum Gasteiger partial charge on any atom is 0.422 e. The van der Waals surface area contributed by atoms with Crippen LogP contribution in [0.3, 0.4) is 0 Å². The summed E-state index contributed by atoms with van der Waals surface area (Å²) in [4.78, 5) is 8.44. The largest absolute Gasteiger partial charge is 0.422 e. The number of aliphatic hydroxyl groups is 1. The number of halogens is 4. The summed E-state index contributed by atoms with van der Waals surface area (Å²) in [5, 5.41) is 16.4. The fourth-order valence-electron chi connectivity index (χ4n) is 3.75. The highest BCUT2D eigenvalue weighted by Gasteiger charge is 2.55. The molecule has 1 N–H and O–H groups in total. The molecule has 5 aromatic rings. The highest BCUT2D eigenvalue weighted by molar-refractivity contribution is 7.99. The van der Waals surface area contributed by atoms with Gasteiger partial charge >= 0.3 is 6.18 Å². The van der Waals surface area contributed by atoms with E-state index >= 15 is 0 Å². The SMILES string of the molecule is OC(CSc1nccc(-c2ccc(Cl)cc2)n1)(c1ccc2c(cnn2-c2ccccc2)c1)C(F)(F)F. The van der Waals surface area contributed by atoms with E-state index in [2.05, 4.69) is 15.1 Å². The number of fused-ring (bicyclic) bond motifs is 1. The van der Waals surface area contributed by atoms with Crippen LogP contribution in [0.1, 0.15) is 5.56 Å². The zero-order valence-electron chi connectivity index (χ0n) is 18.5. The number of aromatic nitrogens is 4. The molecule has 0 bridgehead atoms. The molecule has 0 saturated carbocycles. The number of alkyl halides is 3. The van der Waals surface area contributed by atoms with Gasteiger partial charge in [0, 0.05) is 27.9 Å². The van der Waals surface area contributed by atoms with Crippen LogP contribution in [0.25, 0.3) is 27.8 Å². The van der Waals surface area contributed by atoms with E-state index in [-0.39, 0.29) is 10.7 Å². The number of benzene rings is 3. The molecule has 0 radical (unpaired) electrons. The maximum absolute atomic E-state index is 14.2. The van der Waals surface area contributed by atoms with Gasteiger partial charge in [-0.15, -0.1) is 0 Å². The molecular weight excluding hydrogens is 509 g/mol. The molecule has 5 nitrogen and oxygen atoms in total. The highest BCUT2D eigenvalue weighted by Crippen LogP contribution is 2.43. The van der Waals surface area contributed by atoms with Gasteiger partial charge in [-0.2, -0.15) is 18.3 Å². The smallest absolute Gasteiger partial charge is 0.376 e. The molecular formula is C26H18ClF3N4OS. The Morgan fingerprint density at radius 1 is 0.944 bits per heavy atom. The molecule has 2 heterocycles. The molecule has 3 aromatic carbocycles. The molecule has 0 spiro atoms. The normalized spacial score (nSPS) is 13.6. The second-order valence-corrected chi connectivity index (χ2v) is 9.42. The summed E-state index contributed by atoms with van der Waals surface area (Å²) in [5.74, 6) is -0.723. The van der Waals surface area contributed by atoms with Crippen LogP contribution in [0.2, 0.25) is 5.02 Å². The van der Waals surface area contributed by atoms with Crippen LogP contribution >= 0.6 is 23.4 Å². The van der Waals surface area contributed by atoms with Gasteiger partial charge in [0.2, 0.25) is 0 Å². The van der Waals surface area contributed by atoms with E-state index in [1.807, 2.05) is 30.3 Å². The first-order chi connectivity index (χ1) is 17.2. The molecule has 182 valence electrons. The lowest BCUT2D eigenvalue weighted by Crippen LogP contribution is -2.44. The number of nitrogens with zero attached hydrogens (tertiary/aromatic N) is 4. The van der Waals surface area contributed by atoms with E-state index < -0.39 is 17.5 Å². The van der Waals surface area contributed by atoms with Crippen molar-refractivity contribution in [1.82, 2.24) is 19.7 Å². The quantitative estimate of drug-likeness (QED) is 0.197. The average molecular weight is 527 g/mol.